The lowest BCUT2D eigenvalue weighted by molar-refractivity contribution is -0.143. The molecular weight excluding hydrogens is 900 g/mol. The van der Waals surface area contributed by atoms with E-state index in [1.807, 2.05) is 20.8 Å². The Labute approximate surface area is 271 Å². The number of amidine groups is 1. The third-order valence-corrected chi connectivity index (χ3v) is 5.14. The molecule has 1 aliphatic rings. The van der Waals surface area contributed by atoms with Crippen LogP contribution in [0.4, 0.5) is 5.82 Å². The van der Waals surface area contributed by atoms with Gasteiger partial charge >= 0.3 is 11.9 Å². The number of rotatable bonds is 10. The highest BCUT2D eigenvalue weighted by molar-refractivity contribution is 14.4. The molecule has 1 aliphatic heterocycles. The molecule has 19 heteroatoms. The van der Waals surface area contributed by atoms with Crippen LogP contribution in [-0.2, 0) is 35.0 Å². The molecule has 0 radical (unpaired) electrons. The Morgan fingerprint density at radius 3 is 1.87 bits per heavy atom. The summed E-state index contributed by atoms with van der Waals surface area (Å²) in [5.41, 5.74) is 0. The van der Waals surface area contributed by atoms with Crippen molar-refractivity contribution in [3.8, 4) is 5.88 Å². The van der Waals surface area contributed by atoms with Crippen LogP contribution in [0.3, 0.4) is 0 Å². The Morgan fingerprint density at radius 1 is 0.921 bits per heavy atom. The molecule has 220 valence electrons. The standard InChI is InChI=1S/C9H15N3O4S.C9H15N3O3S.CH4.I3P/c1-4-6(9(13)15-3)10-7-8(16-5-2)12-17(14)11-7;1-4-6(9(13)14-3)10-7-8(15-5-2)12-16-11-7;;1-4(2)3/h6H,4-5H2,1-3H3,(H,10,11);6H,4-5H2,1-3H3,(H,10,11);1H4;. The lowest BCUT2D eigenvalue weighted by Crippen LogP contribution is -2.44. The van der Waals surface area contributed by atoms with Crippen molar-refractivity contribution in [1.82, 2.24) is 14.1 Å². The summed E-state index contributed by atoms with van der Waals surface area (Å²) in [7, 11) is 2.66. The van der Waals surface area contributed by atoms with Gasteiger partial charge in [0.05, 0.1) is 40.0 Å². The second kappa shape index (κ2) is 23.5. The zero-order valence-electron chi connectivity index (χ0n) is 21.0. The molecule has 0 aromatic carbocycles. The van der Waals surface area contributed by atoms with E-state index in [2.05, 4.69) is 104 Å². The third kappa shape index (κ3) is 16.2. The van der Waals surface area contributed by atoms with Crippen LogP contribution in [0, 0.1) is 0 Å². The molecule has 2 N–H and O–H groups in total. The smallest absolute Gasteiger partial charge is 0.328 e. The number of nitrogens with one attached hydrogen (secondary N) is 2. The number of hydrogen-bond donors (Lipinski definition) is 2. The third-order valence-electron chi connectivity index (χ3n) is 3.96. The maximum Gasteiger partial charge on any atom is 0.328 e. The number of carbonyl (C=O) groups excluding carboxylic acids is 2. The van der Waals surface area contributed by atoms with Crippen molar-refractivity contribution in [2.45, 2.75) is 60.0 Å². The van der Waals surface area contributed by atoms with Gasteiger partial charge in [0.25, 0.3) is 22.9 Å². The molecule has 0 spiro atoms. The second-order valence-corrected chi connectivity index (χ2v) is 33.3. The zero-order valence-corrected chi connectivity index (χ0v) is 30.0. The number of halogens is 3. The summed E-state index contributed by atoms with van der Waals surface area (Å²) in [6.45, 7) is 8.23. The van der Waals surface area contributed by atoms with Crippen LogP contribution < -0.4 is 15.4 Å². The van der Waals surface area contributed by atoms with Gasteiger partial charge < -0.3 is 29.6 Å². The maximum absolute atomic E-state index is 11.4. The largest absolute Gasteiger partial charge is 0.475 e. The average molecular weight is 934 g/mol. The van der Waals surface area contributed by atoms with Crippen LogP contribution in [0.2, 0.25) is 0 Å². The number of hydrogen-bond acceptors (Lipinski definition) is 12. The van der Waals surface area contributed by atoms with E-state index in [4.69, 9.17) is 9.47 Å². The maximum atomic E-state index is 11.4. The summed E-state index contributed by atoms with van der Waals surface area (Å²) in [5, 5.41) is 5.76. The van der Waals surface area contributed by atoms with E-state index in [-0.39, 0.29) is 26.0 Å². The van der Waals surface area contributed by atoms with Crippen molar-refractivity contribution in [1.29, 1.82) is 0 Å². The predicted octanol–water partition coefficient (Wildman–Crippen LogP) is 5.41. The Kier molecular flexibility index (Phi) is 24.7. The van der Waals surface area contributed by atoms with Crippen LogP contribution in [0.5, 0.6) is 5.88 Å². The monoisotopic (exact) mass is 934 g/mol. The van der Waals surface area contributed by atoms with Gasteiger partial charge in [0.2, 0.25) is 11.7 Å². The molecule has 1 aromatic rings. The first-order chi connectivity index (χ1) is 17.6. The fourth-order valence-corrected chi connectivity index (χ4v) is 3.42. The summed E-state index contributed by atoms with van der Waals surface area (Å²) in [6.07, 6.45) is 1.12. The number of carbonyl (C=O) groups is 2. The average Bonchev–Trinajstić information content (AvgIpc) is 3.45. The lowest BCUT2D eigenvalue weighted by Gasteiger charge is -2.15. The van der Waals surface area contributed by atoms with Gasteiger partial charge in [-0.2, -0.15) is 4.37 Å². The highest BCUT2D eigenvalue weighted by Gasteiger charge is 2.26. The van der Waals surface area contributed by atoms with Crippen molar-refractivity contribution in [3.05, 3.63) is 0 Å². The minimum absolute atomic E-state index is 0. The molecule has 2 rings (SSSR count). The fourth-order valence-electron chi connectivity index (χ4n) is 2.34. The summed E-state index contributed by atoms with van der Waals surface area (Å²) >= 11 is 6.50. The Morgan fingerprint density at radius 2 is 1.42 bits per heavy atom. The quantitative estimate of drug-likeness (QED) is 0.175. The fraction of sp³-hybridized carbons (Fsp3) is 0.684. The van der Waals surface area contributed by atoms with E-state index in [1.54, 1.807) is 6.92 Å². The number of ether oxygens (including phenoxy) is 4. The molecule has 0 bridgehead atoms. The number of esters is 2. The first-order valence-corrected chi connectivity index (χ1v) is 22.2. The van der Waals surface area contributed by atoms with Crippen LogP contribution in [0.15, 0.2) is 8.80 Å². The molecule has 3 unspecified atom stereocenters. The highest BCUT2D eigenvalue weighted by atomic mass is 127. The summed E-state index contributed by atoms with van der Waals surface area (Å²) in [4.78, 5) is 22.7. The molecule has 2 heterocycles. The minimum Gasteiger partial charge on any atom is -0.475 e. The molecular formula is C19H34I3N6O7PS2. The van der Waals surface area contributed by atoms with E-state index in [9.17, 15) is 13.8 Å². The second-order valence-electron chi connectivity index (χ2n) is 6.30. The predicted molar refractivity (Wildman–Crippen MR) is 180 cm³/mol. The molecule has 13 nitrogen and oxygen atoms in total. The van der Waals surface area contributed by atoms with Gasteiger partial charge in [-0.05, 0) is 92.8 Å². The number of nitrogens with zero attached hydrogens (tertiary/aromatic N) is 4. The van der Waals surface area contributed by atoms with Gasteiger partial charge in [0.15, 0.2) is 0 Å². The van der Waals surface area contributed by atoms with E-state index < -0.39 is 29.2 Å². The zero-order chi connectivity index (χ0) is 28.4. The summed E-state index contributed by atoms with van der Waals surface area (Å²) < 4.78 is 46.6. The highest BCUT2D eigenvalue weighted by Crippen LogP contribution is 2.61. The van der Waals surface area contributed by atoms with Crippen LogP contribution in [-0.4, -0.2) is 76.1 Å². The van der Waals surface area contributed by atoms with Gasteiger partial charge in [-0.15, -0.1) is 13.2 Å². The van der Waals surface area contributed by atoms with E-state index in [0.717, 1.165) is 11.7 Å². The number of anilines is 1. The number of aromatic nitrogens is 2. The van der Waals surface area contributed by atoms with Crippen molar-refractivity contribution in [2.75, 3.05) is 32.8 Å². The van der Waals surface area contributed by atoms with Gasteiger partial charge in [0, 0.05) is 0 Å². The Bertz CT molecular complexity index is 924. The van der Waals surface area contributed by atoms with Gasteiger partial charge in [0.1, 0.15) is 12.1 Å². The molecule has 0 fully saturated rings. The van der Waals surface area contributed by atoms with Gasteiger partial charge in [-0.25, -0.2) is 13.8 Å². The molecule has 38 heavy (non-hydrogen) atoms. The van der Waals surface area contributed by atoms with E-state index in [0.29, 0.717) is 37.8 Å². The van der Waals surface area contributed by atoms with Crippen LogP contribution >= 0.6 is 78.7 Å². The topological polar surface area (TPSA) is 163 Å². The molecule has 3 atom stereocenters. The lowest BCUT2D eigenvalue weighted by atomic mass is 10.2. The van der Waals surface area contributed by atoms with Crippen LogP contribution in [0.25, 0.3) is 0 Å². The molecule has 0 saturated carbocycles. The van der Waals surface area contributed by atoms with Crippen molar-refractivity contribution < 1.29 is 32.7 Å². The number of methoxy groups -OCH3 is 2. The van der Waals surface area contributed by atoms with Gasteiger partial charge in [-0.1, -0.05) is 21.3 Å². The Hall–Kier alpha value is -0.190. The molecule has 0 saturated heterocycles. The first-order valence-electron chi connectivity index (χ1n) is 10.7. The van der Waals surface area contributed by atoms with Crippen molar-refractivity contribution in [2.24, 2.45) is 8.80 Å². The van der Waals surface area contributed by atoms with Crippen molar-refractivity contribution in [3.63, 3.8) is 0 Å². The Balaban J connectivity index is 0. The SMILES string of the molecule is C.CCOC1=NS(=O)N=C1NC(CC)C(=O)OC.CCOc1nsnc1NC(CC)C(=O)OC.IP(I)I. The van der Waals surface area contributed by atoms with Crippen LogP contribution in [0.1, 0.15) is 48.0 Å². The van der Waals surface area contributed by atoms with E-state index >= 15 is 0 Å². The summed E-state index contributed by atoms with van der Waals surface area (Å²) in [5.74, 6) is 0.566. The van der Waals surface area contributed by atoms with E-state index in [1.165, 1.54) is 14.2 Å². The molecule has 1 aromatic heterocycles. The van der Waals surface area contributed by atoms with Crippen molar-refractivity contribution >= 4 is 119 Å². The first kappa shape index (κ1) is 40.0. The molecule has 0 aliphatic carbocycles. The summed E-state index contributed by atoms with van der Waals surface area (Å²) in [6, 6.07) is -0.979. The minimum atomic E-state index is -1.68. The van der Waals surface area contributed by atoms with Gasteiger partial charge in [-0.3, -0.25) is 0 Å². The normalized spacial score (nSPS) is 15.1. The molecule has 0 amide bonds.